The van der Waals surface area contributed by atoms with E-state index >= 15 is 0 Å². The van der Waals surface area contributed by atoms with Crippen LogP contribution in [-0.2, 0) is 5.75 Å². The maximum Gasteiger partial charge on any atom is 0.288 e. The summed E-state index contributed by atoms with van der Waals surface area (Å²) in [5.41, 5.74) is 2.93. The molecule has 0 atom stereocenters. The van der Waals surface area contributed by atoms with Gasteiger partial charge >= 0.3 is 0 Å². The number of thioether (sulfide) groups is 1. The summed E-state index contributed by atoms with van der Waals surface area (Å²) in [6.45, 7) is 0. The Kier molecular flexibility index (Phi) is 3.14. The second kappa shape index (κ2) is 5.02. The molecule has 0 unspecified atom stereocenters. The lowest BCUT2D eigenvalue weighted by molar-refractivity contribution is 0.0949. The molecule has 1 aliphatic heterocycles. The van der Waals surface area contributed by atoms with Gasteiger partial charge in [-0.2, -0.15) is 5.10 Å². The Morgan fingerprint density at radius 3 is 3.05 bits per heavy atom. The minimum atomic E-state index is -0.0898. The van der Waals surface area contributed by atoms with Gasteiger partial charge in [-0.25, -0.2) is 4.68 Å². The molecule has 1 aliphatic rings. The number of carbonyl (C=O) groups is 1. The van der Waals surface area contributed by atoms with Crippen molar-refractivity contribution in [3.63, 3.8) is 0 Å². The molecular weight excluding hydrogens is 324 g/mol. The van der Waals surface area contributed by atoms with Crippen LogP contribution in [-0.4, -0.2) is 15.7 Å². The molecular formula is C15H9ClN2OS2. The van der Waals surface area contributed by atoms with Crippen molar-refractivity contribution >= 4 is 40.6 Å². The zero-order chi connectivity index (χ0) is 14.4. The predicted molar refractivity (Wildman–Crippen MR) is 86.3 cm³/mol. The molecule has 2 aromatic heterocycles. The third-order valence-corrected chi connectivity index (χ3v) is 5.53. The Morgan fingerprint density at radius 1 is 1.33 bits per heavy atom. The summed E-state index contributed by atoms with van der Waals surface area (Å²) in [7, 11) is 0. The van der Waals surface area contributed by atoms with E-state index in [0.29, 0.717) is 9.90 Å². The Morgan fingerprint density at radius 2 is 2.24 bits per heavy atom. The van der Waals surface area contributed by atoms with Gasteiger partial charge in [0.1, 0.15) is 0 Å². The van der Waals surface area contributed by atoms with Gasteiger partial charge in [-0.15, -0.1) is 23.1 Å². The van der Waals surface area contributed by atoms with Crippen LogP contribution in [0.2, 0.25) is 5.02 Å². The molecule has 104 valence electrons. The lowest BCUT2D eigenvalue weighted by atomic mass is 10.1. The highest BCUT2D eigenvalue weighted by molar-refractivity contribution is 7.98. The number of fused-ring (bicyclic) bond motifs is 3. The number of nitrogens with zero attached hydrogens (tertiary/aromatic N) is 2. The number of hydrogen-bond donors (Lipinski definition) is 0. The molecule has 0 bridgehead atoms. The van der Waals surface area contributed by atoms with E-state index in [4.69, 9.17) is 11.6 Å². The first-order valence-electron chi connectivity index (χ1n) is 6.32. The molecule has 0 spiro atoms. The van der Waals surface area contributed by atoms with E-state index in [1.54, 1.807) is 11.8 Å². The van der Waals surface area contributed by atoms with Crippen LogP contribution in [0.15, 0.2) is 46.8 Å². The van der Waals surface area contributed by atoms with E-state index in [1.165, 1.54) is 16.0 Å². The molecule has 0 radical (unpaired) electrons. The average molecular weight is 333 g/mol. The molecule has 3 aromatic rings. The van der Waals surface area contributed by atoms with Crippen molar-refractivity contribution in [1.82, 2.24) is 9.78 Å². The fraction of sp³-hybridized carbons (Fsp3) is 0.0667. The molecule has 0 aliphatic carbocycles. The Bertz CT molecular complexity index is 839. The van der Waals surface area contributed by atoms with Crippen LogP contribution < -0.4 is 0 Å². The van der Waals surface area contributed by atoms with Gasteiger partial charge in [-0.1, -0.05) is 17.7 Å². The van der Waals surface area contributed by atoms with Gasteiger partial charge in [0.05, 0.1) is 10.6 Å². The summed E-state index contributed by atoms with van der Waals surface area (Å²) in [6.07, 6.45) is 1.83. The first-order valence-corrected chi connectivity index (χ1v) is 8.56. The lowest BCUT2D eigenvalue weighted by Crippen LogP contribution is -2.10. The highest BCUT2D eigenvalue weighted by Gasteiger charge is 2.23. The number of carbonyl (C=O) groups excluding carboxylic acids is 1. The molecule has 3 heterocycles. The quantitative estimate of drug-likeness (QED) is 0.655. The minimum Gasteiger partial charge on any atom is -0.266 e. The summed E-state index contributed by atoms with van der Waals surface area (Å²) >= 11 is 9.25. The summed E-state index contributed by atoms with van der Waals surface area (Å²) in [5, 5.41) is 7.06. The smallest absolute Gasteiger partial charge is 0.266 e. The number of rotatable bonds is 1. The highest BCUT2D eigenvalue weighted by atomic mass is 35.5. The second-order valence-corrected chi connectivity index (χ2v) is 7.06. The molecule has 0 fully saturated rings. The fourth-order valence-corrected chi connectivity index (χ4v) is 4.15. The first-order chi connectivity index (χ1) is 10.2. The Balaban J connectivity index is 1.82. The standard InChI is InChI=1S/C15H9ClN2OS2/c16-10-3-4-12-11(6-10)14-9(8-21-12)7-18(17-14)15(19)13-2-1-5-20-13/h1-7H,8H2. The van der Waals surface area contributed by atoms with Gasteiger partial charge in [-0.05, 0) is 29.6 Å². The Labute approximate surface area is 134 Å². The molecule has 21 heavy (non-hydrogen) atoms. The fourth-order valence-electron chi connectivity index (χ4n) is 2.33. The normalized spacial score (nSPS) is 12.8. The number of thiophene rings is 1. The van der Waals surface area contributed by atoms with Crippen LogP contribution in [0.25, 0.3) is 11.3 Å². The monoisotopic (exact) mass is 332 g/mol. The average Bonchev–Trinajstić information content (AvgIpc) is 3.15. The van der Waals surface area contributed by atoms with Crippen LogP contribution in [0, 0.1) is 0 Å². The van der Waals surface area contributed by atoms with Crippen LogP contribution in [0.3, 0.4) is 0 Å². The third kappa shape index (κ3) is 2.21. The largest absolute Gasteiger partial charge is 0.288 e. The molecule has 6 heteroatoms. The van der Waals surface area contributed by atoms with Crippen molar-refractivity contribution in [1.29, 1.82) is 0 Å². The lowest BCUT2D eigenvalue weighted by Gasteiger charge is -2.14. The van der Waals surface area contributed by atoms with Crippen LogP contribution in [0.4, 0.5) is 0 Å². The van der Waals surface area contributed by atoms with Crippen LogP contribution in [0.1, 0.15) is 15.2 Å². The van der Waals surface area contributed by atoms with Gasteiger partial charge in [0.15, 0.2) is 0 Å². The van der Waals surface area contributed by atoms with E-state index in [-0.39, 0.29) is 5.91 Å². The maximum atomic E-state index is 12.4. The summed E-state index contributed by atoms with van der Waals surface area (Å²) in [4.78, 5) is 14.2. The molecule has 0 N–H and O–H groups in total. The number of aromatic nitrogens is 2. The summed E-state index contributed by atoms with van der Waals surface area (Å²) in [6, 6.07) is 9.48. The van der Waals surface area contributed by atoms with Crippen molar-refractivity contribution in [2.45, 2.75) is 10.6 Å². The van der Waals surface area contributed by atoms with Gasteiger partial charge in [-0.3, -0.25) is 4.79 Å². The van der Waals surface area contributed by atoms with Gasteiger partial charge in [0.2, 0.25) is 0 Å². The van der Waals surface area contributed by atoms with Crippen molar-refractivity contribution in [3.8, 4) is 11.3 Å². The van der Waals surface area contributed by atoms with E-state index in [1.807, 2.05) is 41.9 Å². The molecule has 0 saturated heterocycles. The van der Waals surface area contributed by atoms with Gasteiger partial charge in [0, 0.05) is 33.0 Å². The molecule has 4 rings (SSSR count). The van der Waals surface area contributed by atoms with Crippen molar-refractivity contribution in [2.75, 3.05) is 0 Å². The zero-order valence-corrected chi connectivity index (χ0v) is 13.1. The Hall–Kier alpha value is -1.56. The number of halogens is 1. The zero-order valence-electron chi connectivity index (χ0n) is 10.7. The van der Waals surface area contributed by atoms with Crippen LogP contribution in [0.5, 0.6) is 0 Å². The van der Waals surface area contributed by atoms with Crippen molar-refractivity contribution in [2.24, 2.45) is 0 Å². The minimum absolute atomic E-state index is 0.0898. The molecule has 1 aromatic carbocycles. The van der Waals surface area contributed by atoms with E-state index in [0.717, 1.165) is 27.5 Å². The SMILES string of the molecule is O=C(c1cccs1)n1cc2c(n1)-c1cc(Cl)ccc1SC2. The van der Waals surface area contributed by atoms with Gasteiger partial charge in [0.25, 0.3) is 5.91 Å². The first kappa shape index (κ1) is 13.1. The predicted octanol–water partition coefficient (Wildman–Crippen LogP) is 4.56. The van der Waals surface area contributed by atoms with Crippen molar-refractivity contribution in [3.05, 3.63) is 57.4 Å². The molecule has 0 amide bonds. The number of hydrogen-bond acceptors (Lipinski definition) is 4. The van der Waals surface area contributed by atoms with Crippen LogP contribution >= 0.6 is 34.7 Å². The molecule has 3 nitrogen and oxygen atoms in total. The third-order valence-electron chi connectivity index (χ3n) is 3.31. The van der Waals surface area contributed by atoms with E-state index in [2.05, 4.69) is 5.10 Å². The highest BCUT2D eigenvalue weighted by Crippen LogP contribution is 2.41. The summed E-state index contributed by atoms with van der Waals surface area (Å²) in [5.74, 6) is 0.731. The van der Waals surface area contributed by atoms with Crippen molar-refractivity contribution < 1.29 is 4.79 Å². The molecule has 0 saturated carbocycles. The van der Waals surface area contributed by atoms with E-state index < -0.39 is 0 Å². The number of benzene rings is 1. The topological polar surface area (TPSA) is 34.9 Å². The summed E-state index contributed by atoms with van der Waals surface area (Å²) < 4.78 is 1.44. The van der Waals surface area contributed by atoms with E-state index in [9.17, 15) is 4.79 Å². The second-order valence-electron chi connectivity index (χ2n) is 4.66. The maximum absolute atomic E-state index is 12.4. The van der Waals surface area contributed by atoms with Gasteiger partial charge < -0.3 is 0 Å².